The quantitative estimate of drug-likeness (QED) is 0.300. The van der Waals surface area contributed by atoms with Crippen molar-refractivity contribution in [2.75, 3.05) is 13.1 Å². The highest BCUT2D eigenvalue weighted by Crippen LogP contribution is 2.15. The van der Waals surface area contributed by atoms with Gasteiger partial charge < -0.3 is 21.8 Å². The van der Waals surface area contributed by atoms with E-state index in [1.165, 1.54) is 19.3 Å². The van der Waals surface area contributed by atoms with Gasteiger partial charge in [-0.1, -0.05) is 57.4 Å². The van der Waals surface area contributed by atoms with E-state index < -0.39 is 0 Å². The van der Waals surface area contributed by atoms with E-state index in [-0.39, 0.29) is 11.5 Å². The molecule has 7 heteroatoms. The van der Waals surface area contributed by atoms with Gasteiger partial charge in [-0.15, -0.1) is 0 Å². The fourth-order valence-electron chi connectivity index (χ4n) is 2.49. The Morgan fingerprint density at radius 3 is 2.36 bits per heavy atom. The molecule has 2 aromatic rings. The number of rotatable bonds is 9. The lowest BCUT2D eigenvalue weighted by Gasteiger charge is -2.06. The Hall–Kier alpha value is -2.67. The van der Waals surface area contributed by atoms with E-state index >= 15 is 0 Å². The molecule has 0 saturated heterocycles. The Labute approximate surface area is 167 Å². The molecule has 6 N–H and O–H groups in total. The number of unbranched alkanes of at least 4 members (excludes halogenated alkanes) is 2. The van der Waals surface area contributed by atoms with Crippen LogP contribution in [0.4, 0.5) is 0 Å². The number of aromatic nitrogens is 2. The average molecular weight is 387 g/mol. The number of aliphatic imine (C=N–C) groups is 1. The molecule has 1 aromatic carbocycles. The van der Waals surface area contributed by atoms with Gasteiger partial charge in [0.15, 0.2) is 5.96 Å². The Morgan fingerprint density at radius 2 is 1.82 bits per heavy atom. The first-order chi connectivity index (χ1) is 13.5. The predicted molar refractivity (Wildman–Crippen MR) is 117 cm³/mol. The third-order valence-electron chi connectivity index (χ3n) is 4.03. The Bertz CT molecular complexity index is 761. The number of benzene rings is 1. The normalized spacial score (nSPS) is 10.1. The molecule has 2 rings (SSSR count). The smallest absolute Gasteiger partial charge is 0.258 e. The summed E-state index contributed by atoms with van der Waals surface area (Å²) in [5.41, 5.74) is 13.0. The van der Waals surface area contributed by atoms with Crippen molar-refractivity contribution < 1.29 is 0 Å². The molecule has 0 aliphatic carbocycles. The lowest BCUT2D eigenvalue weighted by molar-refractivity contribution is 0.655. The SMILES string of the molecule is CCCCC.Cc1ncc(-c2ccc(CNCCCN=C(N)N)cc2)c(=O)[nH]1. The summed E-state index contributed by atoms with van der Waals surface area (Å²) in [6.07, 6.45) is 6.55. The molecule has 0 saturated carbocycles. The van der Waals surface area contributed by atoms with Gasteiger partial charge in [0.1, 0.15) is 5.82 Å². The number of guanidine groups is 1. The molecule has 0 amide bonds. The van der Waals surface area contributed by atoms with Gasteiger partial charge in [0.25, 0.3) is 5.56 Å². The molecule has 0 aliphatic rings. The first-order valence-electron chi connectivity index (χ1n) is 9.89. The number of hydrogen-bond acceptors (Lipinski definition) is 4. The minimum atomic E-state index is -0.122. The molecule has 28 heavy (non-hydrogen) atoms. The van der Waals surface area contributed by atoms with E-state index in [1.54, 1.807) is 13.1 Å². The van der Waals surface area contributed by atoms with E-state index in [4.69, 9.17) is 11.5 Å². The number of H-pyrrole nitrogens is 1. The van der Waals surface area contributed by atoms with Crippen LogP contribution in [0.2, 0.25) is 0 Å². The fourth-order valence-corrected chi connectivity index (χ4v) is 2.49. The van der Waals surface area contributed by atoms with Crippen LogP contribution in [0.25, 0.3) is 11.1 Å². The number of aryl methyl sites for hydroxylation is 1. The maximum Gasteiger partial charge on any atom is 0.258 e. The van der Waals surface area contributed by atoms with Crippen LogP contribution < -0.4 is 22.3 Å². The second-order valence-corrected chi connectivity index (χ2v) is 6.60. The summed E-state index contributed by atoms with van der Waals surface area (Å²) in [4.78, 5) is 22.7. The number of nitrogens with two attached hydrogens (primary N) is 2. The van der Waals surface area contributed by atoms with Crippen molar-refractivity contribution in [2.24, 2.45) is 16.5 Å². The van der Waals surface area contributed by atoms with Crippen molar-refractivity contribution in [1.29, 1.82) is 0 Å². The minimum absolute atomic E-state index is 0.122. The van der Waals surface area contributed by atoms with E-state index in [0.717, 1.165) is 30.6 Å². The largest absolute Gasteiger partial charge is 0.370 e. The standard InChI is InChI=1S/C16H22N6O.C5H12/c1-11-21-10-14(15(23)22-11)13-5-3-12(4-6-13)9-19-7-2-8-20-16(17)18;1-3-5-4-2/h3-6,10,19H,2,7-9H2,1H3,(H4,17,18,20)(H,21,22,23);3-5H2,1-2H3. The highest BCUT2D eigenvalue weighted by molar-refractivity contribution is 5.75. The Balaban J connectivity index is 0.000000696. The summed E-state index contributed by atoms with van der Waals surface area (Å²) in [7, 11) is 0. The van der Waals surface area contributed by atoms with Crippen LogP contribution in [0, 0.1) is 6.92 Å². The molecule has 0 radical (unpaired) electrons. The first kappa shape index (κ1) is 23.4. The van der Waals surface area contributed by atoms with Crippen LogP contribution in [-0.4, -0.2) is 29.0 Å². The molecule has 0 atom stereocenters. The Morgan fingerprint density at radius 1 is 1.14 bits per heavy atom. The van der Waals surface area contributed by atoms with Gasteiger partial charge >= 0.3 is 0 Å². The molecule has 1 aromatic heterocycles. The average Bonchev–Trinajstić information content (AvgIpc) is 2.66. The van der Waals surface area contributed by atoms with Gasteiger partial charge in [-0.3, -0.25) is 9.79 Å². The third-order valence-corrected chi connectivity index (χ3v) is 4.03. The lowest BCUT2D eigenvalue weighted by Crippen LogP contribution is -2.23. The third kappa shape index (κ3) is 9.32. The Kier molecular flexibility index (Phi) is 11.3. The molecule has 0 unspecified atom stereocenters. The van der Waals surface area contributed by atoms with Crippen molar-refractivity contribution in [3.63, 3.8) is 0 Å². The summed E-state index contributed by atoms with van der Waals surface area (Å²) in [6, 6.07) is 7.85. The summed E-state index contributed by atoms with van der Waals surface area (Å²) < 4.78 is 0. The predicted octanol–water partition coefficient (Wildman–Crippen LogP) is 2.69. The van der Waals surface area contributed by atoms with Gasteiger partial charge in [-0.2, -0.15) is 0 Å². The fraction of sp³-hybridized carbons (Fsp3) is 0.476. The zero-order chi connectivity index (χ0) is 20.8. The number of aromatic amines is 1. The summed E-state index contributed by atoms with van der Waals surface area (Å²) in [6.45, 7) is 8.39. The van der Waals surface area contributed by atoms with Crippen LogP contribution in [0.1, 0.15) is 50.9 Å². The zero-order valence-electron chi connectivity index (χ0n) is 17.3. The molecule has 7 nitrogen and oxygen atoms in total. The summed E-state index contributed by atoms with van der Waals surface area (Å²) in [5, 5.41) is 3.32. The van der Waals surface area contributed by atoms with Crippen molar-refractivity contribution >= 4 is 5.96 Å². The topological polar surface area (TPSA) is 122 Å². The van der Waals surface area contributed by atoms with Crippen molar-refractivity contribution in [1.82, 2.24) is 15.3 Å². The second kappa shape index (κ2) is 13.5. The van der Waals surface area contributed by atoms with Gasteiger partial charge in [-0.25, -0.2) is 4.98 Å². The molecular formula is C21H34N6O. The molecule has 0 bridgehead atoms. The maximum atomic E-state index is 11.9. The second-order valence-electron chi connectivity index (χ2n) is 6.60. The van der Waals surface area contributed by atoms with E-state index in [2.05, 4.69) is 34.1 Å². The number of nitrogens with zero attached hydrogens (tertiary/aromatic N) is 2. The van der Waals surface area contributed by atoms with Crippen molar-refractivity contribution in [3.8, 4) is 11.1 Å². The lowest BCUT2D eigenvalue weighted by atomic mass is 10.1. The first-order valence-corrected chi connectivity index (χ1v) is 9.89. The highest BCUT2D eigenvalue weighted by Gasteiger charge is 2.04. The minimum Gasteiger partial charge on any atom is -0.370 e. The maximum absolute atomic E-state index is 11.9. The molecule has 0 spiro atoms. The number of nitrogens with one attached hydrogen (secondary N) is 2. The van der Waals surface area contributed by atoms with Crippen LogP contribution >= 0.6 is 0 Å². The van der Waals surface area contributed by atoms with Crippen LogP contribution in [-0.2, 0) is 6.54 Å². The molecule has 1 heterocycles. The van der Waals surface area contributed by atoms with Gasteiger partial charge in [0, 0.05) is 19.3 Å². The molecule has 0 aliphatic heterocycles. The summed E-state index contributed by atoms with van der Waals surface area (Å²) >= 11 is 0. The van der Waals surface area contributed by atoms with Crippen LogP contribution in [0.15, 0.2) is 40.2 Å². The van der Waals surface area contributed by atoms with Crippen LogP contribution in [0.5, 0.6) is 0 Å². The molecule has 0 fully saturated rings. The van der Waals surface area contributed by atoms with Crippen molar-refractivity contribution in [2.45, 2.75) is 53.0 Å². The monoisotopic (exact) mass is 386 g/mol. The van der Waals surface area contributed by atoms with Gasteiger partial charge in [0.05, 0.1) is 5.56 Å². The van der Waals surface area contributed by atoms with E-state index in [0.29, 0.717) is 17.9 Å². The molecule has 154 valence electrons. The highest BCUT2D eigenvalue weighted by atomic mass is 16.1. The van der Waals surface area contributed by atoms with E-state index in [9.17, 15) is 4.79 Å². The zero-order valence-corrected chi connectivity index (χ0v) is 17.3. The molecular weight excluding hydrogens is 352 g/mol. The van der Waals surface area contributed by atoms with Gasteiger partial charge in [0.2, 0.25) is 0 Å². The van der Waals surface area contributed by atoms with Gasteiger partial charge in [-0.05, 0) is 31.0 Å². The number of hydrogen-bond donors (Lipinski definition) is 4. The summed E-state index contributed by atoms with van der Waals surface area (Å²) in [5.74, 6) is 0.737. The van der Waals surface area contributed by atoms with Crippen molar-refractivity contribution in [3.05, 3.63) is 52.2 Å². The van der Waals surface area contributed by atoms with E-state index in [1.807, 2.05) is 24.3 Å². The van der Waals surface area contributed by atoms with Crippen LogP contribution in [0.3, 0.4) is 0 Å².